The van der Waals surface area contributed by atoms with Crippen molar-refractivity contribution < 1.29 is 0 Å². The smallest absolute Gasteiger partial charge is 0.0467 e. The molecule has 0 amide bonds. The Morgan fingerprint density at radius 3 is 1.52 bits per heavy atom. The van der Waals surface area contributed by atoms with E-state index in [1.54, 1.807) is 0 Å². The van der Waals surface area contributed by atoms with E-state index in [2.05, 4.69) is 231 Å². The van der Waals surface area contributed by atoms with Crippen LogP contribution < -0.4 is 4.90 Å². The van der Waals surface area contributed by atoms with Gasteiger partial charge in [0, 0.05) is 22.5 Å². The third-order valence-electron chi connectivity index (χ3n) is 11.7. The average Bonchev–Trinajstić information content (AvgIpc) is 3.50. The van der Waals surface area contributed by atoms with E-state index in [4.69, 9.17) is 0 Å². The van der Waals surface area contributed by atoms with E-state index >= 15 is 0 Å². The normalized spacial score (nSPS) is 12.6. The van der Waals surface area contributed by atoms with E-state index in [1.807, 2.05) is 0 Å². The summed E-state index contributed by atoms with van der Waals surface area (Å²) in [5.41, 5.74) is 18.5. The second kappa shape index (κ2) is 13.7. The molecule has 9 aromatic carbocycles. The van der Waals surface area contributed by atoms with Crippen LogP contribution in [0.5, 0.6) is 0 Å². The summed E-state index contributed by atoms with van der Waals surface area (Å²) in [5, 5.41) is 2.49. The molecule has 10 rings (SSSR count). The molecule has 0 radical (unpaired) electrons. The van der Waals surface area contributed by atoms with Crippen LogP contribution in [-0.2, 0) is 5.41 Å². The average molecular weight is 716 g/mol. The first-order valence-corrected chi connectivity index (χ1v) is 19.5. The Labute approximate surface area is 329 Å². The first-order valence-electron chi connectivity index (χ1n) is 19.5. The van der Waals surface area contributed by atoms with E-state index in [-0.39, 0.29) is 5.41 Å². The van der Waals surface area contributed by atoms with Gasteiger partial charge < -0.3 is 4.90 Å². The Morgan fingerprint density at radius 1 is 0.286 bits per heavy atom. The molecule has 266 valence electrons. The van der Waals surface area contributed by atoms with Gasteiger partial charge in [0.2, 0.25) is 0 Å². The summed E-state index contributed by atoms with van der Waals surface area (Å²) in [5.74, 6) is 0. The zero-order valence-electron chi connectivity index (χ0n) is 31.7. The third-order valence-corrected chi connectivity index (χ3v) is 11.7. The Hall–Kier alpha value is -6.96. The van der Waals surface area contributed by atoms with Crippen LogP contribution in [-0.4, -0.2) is 0 Å². The van der Waals surface area contributed by atoms with Gasteiger partial charge in [-0.15, -0.1) is 0 Å². The SMILES string of the molecule is CC1(C)c2ccccc2-c2ccc(-c3ccc(N(c4ccc(-c5ccccc5-c5ccccc5)cc4)c4cccc(-c5ccc6ccccc6c5)c4)cc3)cc21. The maximum Gasteiger partial charge on any atom is 0.0467 e. The first kappa shape index (κ1) is 33.6. The van der Waals surface area contributed by atoms with Crippen molar-refractivity contribution >= 4 is 27.8 Å². The highest BCUT2D eigenvalue weighted by atomic mass is 15.1. The summed E-state index contributed by atoms with van der Waals surface area (Å²) in [7, 11) is 0. The number of benzene rings is 9. The van der Waals surface area contributed by atoms with E-state index < -0.39 is 0 Å². The molecule has 56 heavy (non-hydrogen) atoms. The fourth-order valence-electron chi connectivity index (χ4n) is 8.72. The van der Waals surface area contributed by atoms with E-state index in [0.717, 1.165) is 17.1 Å². The second-order valence-electron chi connectivity index (χ2n) is 15.4. The van der Waals surface area contributed by atoms with Crippen LogP contribution in [0.1, 0.15) is 25.0 Å². The predicted octanol–water partition coefficient (Wildman–Crippen LogP) is 15.3. The summed E-state index contributed by atoms with van der Waals surface area (Å²) in [6.07, 6.45) is 0. The molecule has 0 aromatic heterocycles. The molecule has 0 saturated heterocycles. The van der Waals surface area contributed by atoms with E-state index in [9.17, 15) is 0 Å². The zero-order chi connectivity index (χ0) is 37.6. The van der Waals surface area contributed by atoms with Gasteiger partial charge in [-0.3, -0.25) is 0 Å². The van der Waals surface area contributed by atoms with Gasteiger partial charge in [0.05, 0.1) is 0 Å². The van der Waals surface area contributed by atoms with Crippen molar-refractivity contribution in [2.75, 3.05) is 4.90 Å². The summed E-state index contributed by atoms with van der Waals surface area (Å²) >= 11 is 0. The molecule has 0 N–H and O–H groups in total. The zero-order valence-corrected chi connectivity index (χ0v) is 31.7. The van der Waals surface area contributed by atoms with Gasteiger partial charge in [0.15, 0.2) is 0 Å². The van der Waals surface area contributed by atoms with Crippen LogP contribution >= 0.6 is 0 Å². The lowest BCUT2D eigenvalue weighted by atomic mass is 9.81. The fourth-order valence-corrected chi connectivity index (χ4v) is 8.72. The minimum absolute atomic E-state index is 0.0392. The van der Waals surface area contributed by atoms with Gasteiger partial charge in [-0.2, -0.15) is 0 Å². The van der Waals surface area contributed by atoms with Crippen molar-refractivity contribution in [1.82, 2.24) is 0 Å². The maximum absolute atomic E-state index is 2.40. The predicted molar refractivity (Wildman–Crippen MR) is 238 cm³/mol. The summed E-state index contributed by atoms with van der Waals surface area (Å²) in [6.45, 7) is 4.69. The Bertz CT molecular complexity index is 2860. The van der Waals surface area contributed by atoms with Crippen molar-refractivity contribution in [3.63, 3.8) is 0 Å². The molecule has 1 nitrogen and oxygen atoms in total. The molecule has 1 heteroatoms. The second-order valence-corrected chi connectivity index (χ2v) is 15.4. The van der Waals surface area contributed by atoms with E-state index in [1.165, 1.54) is 77.5 Å². The highest BCUT2D eigenvalue weighted by Gasteiger charge is 2.35. The topological polar surface area (TPSA) is 3.24 Å². The van der Waals surface area contributed by atoms with Gasteiger partial charge in [-0.05, 0) is 126 Å². The number of hydrogen-bond acceptors (Lipinski definition) is 1. The first-order chi connectivity index (χ1) is 27.5. The molecule has 1 aliphatic carbocycles. The maximum atomic E-state index is 2.40. The lowest BCUT2D eigenvalue weighted by Crippen LogP contribution is -2.14. The molecule has 0 aliphatic heterocycles. The van der Waals surface area contributed by atoms with Crippen molar-refractivity contribution in [3.8, 4) is 55.6 Å². The monoisotopic (exact) mass is 715 g/mol. The third kappa shape index (κ3) is 5.90. The Morgan fingerprint density at radius 2 is 0.786 bits per heavy atom. The van der Waals surface area contributed by atoms with Crippen LogP contribution in [0.4, 0.5) is 17.1 Å². The molecule has 0 atom stereocenters. The number of nitrogens with zero attached hydrogens (tertiary/aromatic N) is 1. The standard InChI is InChI=1S/C55H41N/c1-55(2)53-22-11-10-21-51(53)52-34-29-45(37-54(52)55)39-25-30-46(31-26-39)56(48-18-12-17-43(36-48)44-24-23-38-13-6-7-16-42(38)35-44)47-32-27-41(28-33-47)50-20-9-8-19-49(50)40-14-4-3-5-15-40/h3-37H,1-2H3. The molecule has 0 heterocycles. The van der Waals surface area contributed by atoms with Crippen LogP contribution in [0.25, 0.3) is 66.4 Å². The van der Waals surface area contributed by atoms with Crippen LogP contribution in [0.3, 0.4) is 0 Å². The molecule has 0 spiro atoms. The van der Waals surface area contributed by atoms with Crippen molar-refractivity contribution in [2.45, 2.75) is 19.3 Å². The molecule has 0 unspecified atom stereocenters. The lowest BCUT2D eigenvalue weighted by Gasteiger charge is -2.27. The summed E-state index contributed by atoms with van der Waals surface area (Å²) < 4.78 is 0. The number of hydrogen-bond donors (Lipinski definition) is 0. The number of rotatable bonds is 7. The fraction of sp³-hybridized carbons (Fsp3) is 0.0545. The van der Waals surface area contributed by atoms with Gasteiger partial charge in [-0.25, -0.2) is 0 Å². The van der Waals surface area contributed by atoms with Gasteiger partial charge in [0.1, 0.15) is 0 Å². The highest BCUT2D eigenvalue weighted by molar-refractivity contribution is 5.90. The van der Waals surface area contributed by atoms with Crippen molar-refractivity contribution in [2.24, 2.45) is 0 Å². The molecule has 0 bridgehead atoms. The Kier molecular flexibility index (Phi) is 8.23. The molecular formula is C55H41N. The minimum Gasteiger partial charge on any atom is -0.310 e. The minimum atomic E-state index is -0.0392. The molecular weight excluding hydrogens is 675 g/mol. The van der Waals surface area contributed by atoms with Crippen molar-refractivity contribution in [1.29, 1.82) is 0 Å². The van der Waals surface area contributed by atoms with Crippen molar-refractivity contribution in [3.05, 3.63) is 223 Å². The van der Waals surface area contributed by atoms with Gasteiger partial charge >= 0.3 is 0 Å². The van der Waals surface area contributed by atoms with Crippen LogP contribution in [0.15, 0.2) is 212 Å². The largest absolute Gasteiger partial charge is 0.310 e. The number of anilines is 3. The van der Waals surface area contributed by atoms with Gasteiger partial charge in [0.25, 0.3) is 0 Å². The summed E-state index contributed by atoms with van der Waals surface area (Å²) in [4.78, 5) is 2.38. The van der Waals surface area contributed by atoms with Crippen LogP contribution in [0.2, 0.25) is 0 Å². The number of fused-ring (bicyclic) bond motifs is 4. The molecule has 0 saturated carbocycles. The van der Waals surface area contributed by atoms with E-state index in [0.29, 0.717) is 0 Å². The molecule has 9 aromatic rings. The Balaban J connectivity index is 1.05. The molecule has 0 fully saturated rings. The summed E-state index contributed by atoms with van der Waals surface area (Å²) in [6, 6.07) is 77.5. The lowest BCUT2D eigenvalue weighted by molar-refractivity contribution is 0.660. The van der Waals surface area contributed by atoms with Gasteiger partial charge in [-0.1, -0.05) is 178 Å². The highest BCUT2D eigenvalue weighted by Crippen LogP contribution is 2.49. The quantitative estimate of drug-likeness (QED) is 0.159. The van der Waals surface area contributed by atoms with Crippen LogP contribution in [0, 0.1) is 0 Å². The molecule has 1 aliphatic rings.